The van der Waals surface area contributed by atoms with Gasteiger partial charge in [0.1, 0.15) is 12.3 Å². The summed E-state index contributed by atoms with van der Waals surface area (Å²) in [6.07, 6.45) is 1.54. The van der Waals surface area contributed by atoms with Crippen molar-refractivity contribution in [3.05, 3.63) is 53.5 Å². The van der Waals surface area contributed by atoms with Crippen LogP contribution in [0.2, 0.25) is 0 Å². The molecule has 28 heavy (non-hydrogen) atoms. The van der Waals surface area contributed by atoms with Gasteiger partial charge in [-0.2, -0.15) is 0 Å². The molecular formula is C21H21N3O4. The standard InChI is InChI=1S/C21H21N3O4/c1-4-28-18(25)11-23-21(27)19-20(26)13(3)16(10-22-19)14-7-8-17-15(9-14)6-5-12(2)24-17/h5-10,26H,4,11H2,1-3H3,(H,23,27). The number of esters is 1. The Balaban J connectivity index is 1.88. The fourth-order valence-corrected chi connectivity index (χ4v) is 2.89. The van der Waals surface area contributed by atoms with Crippen LogP contribution in [0.1, 0.15) is 28.7 Å². The highest BCUT2D eigenvalue weighted by atomic mass is 16.5. The summed E-state index contributed by atoms with van der Waals surface area (Å²) in [4.78, 5) is 32.2. The minimum absolute atomic E-state index is 0.136. The molecule has 0 aliphatic rings. The molecule has 1 amide bonds. The van der Waals surface area contributed by atoms with Crippen molar-refractivity contribution in [1.82, 2.24) is 15.3 Å². The van der Waals surface area contributed by atoms with E-state index >= 15 is 0 Å². The van der Waals surface area contributed by atoms with Gasteiger partial charge >= 0.3 is 5.97 Å². The van der Waals surface area contributed by atoms with E-state index in [-0.39, 0.29) is 24.6 Å². The summed E-state index contributed by atoms with van der Waals surface area (Å²) in [5.74, 6) is -1.41. The molecule has 7 nitrogen and oxygen atoms in total. The normalized spacial score (nSPS) is 10.7. The summed E-state index contributed by atoms with van der Waals surface area (Å²) in [6, 6.07) is 9.70. The van der Waals surface area contributed by atoms with Crippen molar-refractivity contribution in [2.45, 2.75) is 20.8 Å². The highest BCUT2D eigenvalue weighted by Crippen LogP contribution is 2.32. The molecular weight excluding hydrogens is 358 g/mol. The molecule has 0 bridgehead atoms. The van der Waals surface area contributed by atoms with E-state index in [0.29, 0.717) is 11.1 Å². The van der Waals surface area contributed by atoms with Crippen LogP contribution in [0, 0.1) is 13.8 Å². The summed E-state index contributed by atoms with van der Waals surface area (Å²) in [6.45, 7) is 5.27. The summed E-state index contributed by atoms with van der Waals surface area (Å²) < 4.78 is 4.76. The lowest BCUT2D eigenvalue weighted by atomic mass is 9.99. The van der Waals surface area contributed by atoms with Gasteiger partial charge in [-0.1, -0.05) is 12.1 Å². The van der Waals surface area contributed by atoms with Crippen molar-refractivity contribution < 1.29 is 19.4 Å². The van der Waals surface area contributed by atoms with Gasteiger partial charge in [0, 0.05) is 28.4 Å². The summed E-state index contributed by atoms with van der Waals surface area (Å²) in [5.41, 5.74) is 3.78. The fourth-order valence-electron chi connectivity index (χ4n) is 2.89. The maximum atomic E-state index is 12.2. The second-order valence-electron chi connectivity index (χ2n) is 6.34. The maximum Gasteiger partial charge on any atom is 0.325 e. The Kier molecular flexibility index (Phi) is 5.54. The zero-order chi connectivity index (χ0) is 20.3. The second kappa shape index (κ2) is 8.04. The Labute approximate surface area is 162 Å². The molecule has 0 spiro atoms. The first-order valence-corrected chi connectivity index (χ1v) is 8.91. The number of aryl methyl sites for hydroxylation is 1. The average molecular weight is 379 g/mol. The highest BCUT2D eigenvalue weighted by molar-refractivity contribution is 5.97. The first-order valence-electron chi connectivity index (χ1n) is 8.91. The van der Waals surface area contributed by atoms with E-state index in [4.69, 9.17) is 4.74 Å². The van der Waals surface area contributed by atoms with Crippen molar-refractivity contribution in [3.8, 4) is 16.9 Å². The number of amides is 1. The topological polar surface area (TPSA) is 101 Å². The van der Waals surface area contributed by atoms with Crippen molar-refractivity contribution in [2.75, 3.05) is 13.2 Å². The van der Waals surface area contributed by atoms with Crippen LogP contribution in [0.4, 0.5) is 0 Å². The van der Waals surface area contributed by atoms with Crippen LogP contribution in [0.5, 0.6) is 5.75 Å². The molecule has 0 fully saturated rings. The molecule has 144 valence electrons. The summed E-state index contributed by atoms with van der Waals surface area (Å²) in [5, 5.41) is 13.8. The van der Waals surface area contributed by atoms with Crippen LogP contribution in [0.25, 0.3) is 22.0 Å². The Morgan fingerprint density at radius 1 is 1.18 bits per heavy atom. The number of nitrogens with zero attached hydrogens (tertiary/aromatic N) is 2. The Morgan fingerprint density at radius 3 is 2.71 bits per heavy atom. The summed E-state index contributed by atoms with van der Waals surface area (Å²) in [7, 11) is 0. The van der Waals surface area contributed by atoms with Crippen molar-refractivity contribution >= 4 is 22.8 Å². The second-order valence-corrected chi connectivity index (χ2v) is 6.34. The zero-order valence-corrected chi connectivity index (χ0v) is 15.9. The van der Waals surface area contributed by atoms with Crippen LogP contribution in [0.3, 0.4) is 0 Å². The van der Waals surface area contributed by atoms with Gasteiger partial charge in [-0.3, -0.25) is 14.6 Å². The van der Waals surface area contributed by atoms with Gasteiger partial charge < -0.3 is 15.2 Å². The molecule has 7 heteroatoms. The quantitative estimate of drug-likeness (QED) is 0.661. The molecule has 0 aliphatic carbocycles. The van der Waals surface area contributed by atoms with E-state index < -0.39 is 11.9 Å². The molecule has 1 aromatic carbocycles. The van der Waals surface area contributed by atoms with Crippen LogP contribution in [0.15, 0.2) is 36.5 Å². The van der Waals surface area contributed by atoms with E-state index in [1.807, 2.05) is 37.3 Å². The smallest absolute Gasteiger partial charge is 0.325 e. The molecule has 2 heterocycles. The third kappa shape index (κ3) is 3.93. The Bertz CT molecular complexity index is 1060. The number of hydrogen-bond acceptors (Lipinski definition) is 6. The number of carbonyl (C=O) groups excluding carboxylic acids is 2. The first kappa shape index (κ1) is 19.3. The number of nitrogens with one attached hydrogen (secondary N) is 1. The van der Waals surface area contributed by atoms with Crippen molar-refractivity contribution in [2.24, 2.45) is 0 Å². The Morgan fingerprint density at radius 2 is 1.96 bits per heavy atom. The predicted octanol–water partition coefficient (Wildman–Crippen LogP) is 2.91. The molecule has 0 aliphatic heterocycles. The van der Waals surface area contributed by atoms with Crippen molar-refractivity contribution in [3.63, 3.8) is 0 Å². The molecule has 0 atom stereocenters. The van der Waals surface area contributed by atoms with Crippen molar-refractivity contribution in [1.29, 1.82) is 0 Å². The van der Waals surface area contributed by atoms with E-state index in [2.05, 4.69) is 15.3 Å². The van der Waals surface area contributed by atoms with Crippen LogP contribution in [-0.2, 0) is 9.53 Å². The van der Waals surface area contributed by atoms with E-state index in [1.54, 1.807) is 13.8 Å². The molecule has 0 unspecified atom stereocenters. The number of rotatable bonds is 5. The number of aromatic nitrogens is 2. The third-order valence-corrected chi connectivity index (χ3v) is 4.36. The number of fused-ring (bicyclic) bond motifs is 1. The monoisotopic (exact) mass is 379 g/mol. The number of hydrogen-bond donors (Lipinski definition) is 2. The maximum absolute atomic E-state index is 12.2. The fraction of sp³-hybridized carbons (Fsp3) is 0.238. The lowest BCUT2D eigenvalue weighted by Gasteiger charge is -2.12. The van der Waals surface area contributed by atoms with E-state index in [9.17, 15) is 14.7 Å². The molecule has 2 aromatic heterocycles. The van der Waals surface area contributed by atoms with Gasteiger partial charge in [0.15, 0.2) is 5.69 Å². The van der Waals surface area contributed by atoms with Crippen LogP contribution in [-0.4, -0.2) is 40.1 Å². The van der Waals surface area contributed by atoms with Gasteiger partial charge in [0.2, 0.25) is 0 Å². The van der Waals surface area contributed by atoms with Crippen LogP contribution < -0.4 is 5.32 Å². The molecule has 0 radical (unpaired) electrons. The average Bonchev–Trinajstić information content (AvgIpc) is 2.68. The third-order valence-electron chi connectivity index (χ3n) is 4.36. The predicted molar refractivity (Wildman–Crippen MR) is 105 cm³/mol. The highest BCUT2D eigenvalue weighted by Gasteiger charge is 2.19. The number of ether oxygens (including phenoxy) is 1. The van der Waals surface area contributed by atoms with E-state index in [1.165, 1.54) is 6.20 Å². The minimum atomic E-state index is -0.640. The van der Waals surface area contributed by atoms with E-state index in [0.717, 1.165) is 22.2 Å². The number of aromatic hydroxyl groups is 1. The van der Waals surface area contributed by atoms with Gasteiger partial charge in [0.25, 0.3) is 5.91 Å². The largest absolute Gasteiger partial charge is 0.505 e. The lowest BCUT2D eigenvalue weighted by molar-refractivity contribution is -0.141. The lowest BCUT2D eigenvalue weighted by Crippen LogP contribution is -2.31. The molecule has 0 saturated carbocycles. The Hall–Kier alpha value is -3.48. The van der Waals surface area contributed by atoms with Gasteiger partial charge in [0.05, 0.1) is 12.1 Å². The molecule has 2 N–H and O–H groups in total. The minimum Gasteiger partial charge on any atom is -0.505 e. The van der Waals surface area contributed by atoms with Crippen LogP contribution >= 0.6 is 0 Å². The number of benzene rings is 1. The van der Waals surface area contributed by atoms with Gasteiger partial charge in [-0.15, -0.1) is 0 Å². The molecule has 3 aromatic rings. The molecule has 3 rings (SSSR count). The number of pyridine rings is 2. The van der Waals surface area contributed by atoms with Gasteiger partial charge in [-0.05, 0) is 44.5 Å². The molecule has 0 saturated heterocycles. The summed E-state index contributed by atoms with van der Waals surface area (Å²) >= 11 is 0. The number of carbonyl (C=O) groups is 2. The zero-order valence-electron chi connectivity index (χ0n) is 15.9. The first-order chi connectivity index (χ1) is 13.4. The SMILES string of the molecule is CCOC(=O)CNC(=O)c1ncc(-c2ccc3nc(C)ccc3c2)c(C)c1O. The van der Waals surface area contributed by atoms with Gasteiger partial charge in [-0.25, -0.2) is 4.98 Å².